The van der Waals surface area contributed by atoms with Crippen molar-refractivity contribution in [1.29, 1.82) is 0 Å². The molecule has 9 heteroatoms. The van der Waals surface area contributed by atoms with E-state index in [0.29, 0.717) is 16.7 Å². The summed E-state index contributed by atoms with van der Waals surface area (Å²) in [4.78, 5) is 12.4. The van der Waals surface area contributed by atoms with Crippen LogP contribution in [0.15, 0.2) is 93.6 Å². The average molecular weight is 522 g/mol. The lowest BCUT2D eigenvalue weighted by atomic mass is 10.1. The number of amides is 1. The maximum atomic E-state index is 12.4. The molecule has 0 radical (unpaired) electrons. The van der Waals surface area contributed by atoms with Crippen LogP contribution in [0.2, 0.25) is 0 Å². The molecular formula is C24H20BrN5O2S. The largest absolute Gasteiger partial charge is 0.508 e. The molecule has 1 amide bonds. The van der Waals surface area contributed by atoms with Gasteiger partial charge in [0, 0.05) is 21.3 Å². The molecule has 0 fully saturated rings. The van der Waals surface area contributed by atoms with Crippen molar-refractivity contribution in [3.05, 3.63) is 88.9 Å². The van der Waals surface area contributed by atoms with Crippen LogP contribution < -0.4 is 5.43 Å². The number of phenolic OH excluding ortho intramolecular Hbond substituents is 1. The van der Waals surface area contributed by atoms with Crippen molar-refractivity contribution in [3.63, 3.8) is 0 Å². The second kappa shape index (κ2) is 10.5. The third-order valence-electron chi connectivity index (χ3n) is 4.69. The second-order valence-corrected chi connectivity index (χ2v) is 8.91. The van der Waals surface area contributed by atoms with Gasteiger partial charge in [0.15, 0.2) is 11.0 Å². The van der Waals surface area contributed by atoms with Gasteiger partial charge in [-0.3, -0.25) is 9.36 Å². The Morgan fingerprint density at radius 3 is 2.55 bits per heavy atom. The van der Waals surface area contributed by atoms with E-state index in [1.165, 1.54) is 11.8 Å². The molecule has 0 bridgehead atoms. The lowest BCUT2D eigenvalue weighted by molar-refractivity contribution is -0.118. The number of phenols is 1. The third-order valence-corrected chi connectivity index (χ3v) is 6.15. The summed E-state index contributed by atoms with van der Waals surface area (Å²) in [6, 6.07) is 24.3. The van der Waals surface area contributed by atoms with Crippen LogP contribution in [0, 0.1) is 0 Å². The molecule has 1 aromatic heterocycles. The summed E-state index contributed by atoms with van der Waals surface area (Å²) >= 11 is 4.74. The Balaban J connectivity index is 1.52. The van der Waals surface area contributed by atoms with Crippen LogP contribution in [-0.4, -0.2) is 37.2 Å². The quantitative estimate of drug-likeness (QED) is 0.202. The van der Waals surface area contributed by atoms with E-state index in [0.717, 1.165) is 21.3 Å². The summed E-state index contributed by atoms with van der Waals surface area (Å²) < 4.78 is 2.90. The number of hydrogen-bond acceptors (Lipinski definition) is 6. The zero-order valence-electron chi connectivity index (χ0n) is 17.6. The van der Waals surface area contributed by atoms with E-state index in [2.05, 4.69) is 36.7 Å². The Kier molecular flexibility index (Phi) is 7.21. The predicted octanol–water partition coefficient (Wildman–Crippen LogP) is 5.03. The molecular weight excluding hydrogens is 502 g/mol. The molecule has 0 atom stereocenters. The lowest BCUT2D eigenvalue weighted by Gasteiger charge is -2.10. The van der Waals surface area contributed by atoms with Crippen molar-refractivity contribution in [2.45, 2.75) is 12.1 Å². The van der Waals surface area contributed by atoms with Crippen LogP contribution in [0.5, 0.6) is 5.75 Å². The predicted molar refractivity (Wildman–Crippen MR) is 134 cm³/mol. The summed E-state index contributed by atoms with van der Waals surface area (Å²) in [5.41, 5.74) is 5.70. The number of carbonyl (C=O) groups is 1. The number of hydrogen-bond donors (Lipinski definition) is 2. The Morgan fingerprint density at radius 1 is 1.06 bits per heavy atom. The molecule has 4 aromatic rings. The van der Waals surface area contributed by atoms with Crippen molar-refractivity contribution in [2.75, 3.05) is 5.75 Å². The first-order valence-electron chi connectivity index (χ1n) is 10.0. The third kappa shape index (κ3) is 5.68. The van der Waals surface area contributed by atoms with Gasteiger partial charge in [0.1, 0.15) is 5.75 Å². The van der Waals surface area contributed by atoms with Crippen LogP contribution in [0.1, 0.15) is 12.5 Å². The molecule has 0 spiro atoms. The van der Waals surface area contributed by atoms with Gasteiger partial charge < -0.3 is 5.11 Å². The first-order chi connectivity index (χ1) is 16.0. The summed E-state index contributed by atoms with van der Waals surface area (Å²) in [6.45, 7) is 1.76. The van der Waals surface area contributed by atoms with E-state index in [1.807, 2.05) is 65.2 Å². The minimum absolute atomic E-state index is 0.111. The number of thioether (sulfide) groups is 1. The van der Waals surface area contributed by atoms with Gasteiger partial charge in [0.2, 0.25) is 0 Å². The second-order valence-electron chi connectivity index (χ2n) is 7.06. The van der Waals surface area contributed by atoms with Gasteiger partial charge in [-0.2, -0.15) is 5.10 Å². The average Bonchev–Trinajstić information content (AvgIpc) is 3.26. The molecule has 3 aromatic carbocycles. The summed E-state index contributed by atoms with van der Waals surface area (Å²) in [6.07, 6.45) is 0. The van der Waals surface area contributed by atoms with E-state index >= 15 is 0 Å². The summed E-state index contributed by atoms with van der Waals surface area (Å²) in [7, 11) is 0. The number of nitrogens with one attached hydrogen (secondary N) is 1. The maximum Gasteiger partial charge on any atom is 0.250 e. The smallest absolute Gasteiger partial charge is 0.250 e. The van der Waals surface area contributed by atoms with Gasteiger partial charge in [-0.05, 0) is 43.3 Å². The van der Waals surface area contributed by atoms with E-state index in [1.54, 1.807) is 25.1 Å². The molecule has 0 saturated heterocycles. The minimum atomic E-state index is -0.272. The van der Waals surface area contributed by atoms with Crippen LogP contribution in [0.25, 0.3) is 17.1 Å². The fourth-order valence-electron chi connectivity index (χ4n) is 3.06. The van der Waals surface area contributed by atoms with Crippen molar-refractivity contribution in [1.82, 2.24) is 20.2 Å². The number of nitrogens with zero attached hydrogens (tertiary/aromatic N) is 4. The fraction of sp³-hybridized carbons (Fsp3) is 0.0833. The molecule has 0 aliphatic carbocycles. The molecule has 4 rings (SSSR count). The maximum absolute atomic E-state index is 12.4. The molecule has 0 unspecified atom stereocenters. The molecule has 7 nitrogen and oxygen atoms in total. The lowest BCUT2D eigenvalue weighted by Crippen LogP contribution is -2.21. The molecule has 166 valence electrons. The molecule has 0 aliphatic heterocycles. The highest BCUT2D eigenvalue weighted by Crippen LogP contribution is 2.28. The summed E-state index contributed by atoms with van der Waals surface area (Å²) in [5, 5.41) is 23.1. The zero-order chi connectivity index (χ0) is 23.2. The minimum Gasteiger partial charge on any atom is -0.508 e. The van der Waals surface area contributed by atoms with E-state index in [-0.39, 0.29) is 17.4 Å². The van der Waals surface area contributed by atoms with Gasteiger partial charge in [-0.15, -0.1) is 10.2 Å². The highest BCUT2D eigenvalue weighted by Gasteiger charge is 2.17. The van der Waals surface area contributed by atoms with Crippen LogP contribution in [0.3, 0.4) is 0 Å². The summed E-state index contributed by atoms with van der Waals surface area (Å²) in [5.74, 6) is 0.676. The fourth-order valence-corrected chi connectivity index (χ4v) is 4.07. The first kappa shape index (κ1) is 22.8. The number of aromatic hydroxyl groups is 1. The van der Waals surface area contributed by atoms with Crippen LogP contribution in [-0.2, 0) is 4.79 Å². The van der Waals surface area contributed by atoms with Crippen molar-refractivity contribution in [2.24, 2.45) is 5.10 Å². The highest BCUT2D eigenvalue weighted by atomic mass is 79.9. The standard InChI is InChI=1S/C24H20BrN5O2S/c1-16(18-8-5-9-21(31)14-18)26-27-22(32)15-33-24-29-28-23(17-6-3-2-4-7-17)30(24)20-12-10-19(25)11-13-20/h2-14,31H,15H2,1H3,(H,27,32)/b26-16-. The highest BCUT2D eigenvalue weighted by molar-refractivity contribution is 9.10. The van der Waals surface area contributed by atoms with Crippen molar-refractivity contribution < 1.29 is 9.90 Å². The van der Waals surface area contributed by atoms with Gasteiger partial charge in [-0.1, -0.05) is 70.2 Å². The van der Waals surface area contributed by atoms with Gasteiger partial charge in [0.05, 0.1) is 11.5 Å². The topological polar surface area (TPSA) is 92.4 Å². The molecule has 33 heavy (non-hydrogen) atoms. The molecule has 0 saturated carbocycles. The SMILES string of the molecule is C/C(=N/NC(=O)CSc1nnc(-c2ccccc2)n1-c1ccc(Br)cc1)c1cccc(O)c1. The number of carbonyl (C=O) groups excluding carboxylic acids is 1. The monoisotopic (exact) mass is 521 g/mol. The Hall–Kier alpha value is -3.43. The van der Waals surface area contributed by atoms with Gasteiger partial charge in [-0.25, -0.2) is 5.43 Å². The normalized spacial score (nSPS) is 11.4. The number of rotatable bonds is 7. The number of benzene rings is 3. The Morgan fingerprint density at radius 2 is 1.82 bits per heavy atom. The van der Waals surface area contributed by atoms with Crippen LogP contribution in [0.4, 0.5) is 0 Å². The Labute approximate surface area is 203 Å². The van der Waals surface area contributed by atoms with Crippen LogP contribution >= 0.6 is 27.7 Å². The van der Waals surface area contributed by atoms with Crippen molar-refractivity contribution in [3.8, 4) is 22.8 Å². The van der Waals surface area contributed by atoms with E-state index in [9.17, 15) is 9.90 Å². The number of hydrazone groups is 1. The first-order valence-corrected chi connectivity index (χ1v) is 11.8. The number of aromatic nitrogens is 3. The molecule has 2 N–H and O–H groups in total. The van der Waals surface area contributed by atoms with Gasteiger partial charge >= 0.3 is 0 Å². The molecule has 0 aliphatic rings. The Bertz CT molecular complexity index is 1290. The van der Waals surface area contributed by atoms with Crippen molar-refractivity contribution >= 4 is 39.3 Å². The van der Waals surface area contributed by atoms with Gasteiger partial charge in [0.25, 0.3) is 5.91 Å². The van der Waals surface area contributed by atoms with E-state index in [4.69, 9.17) is 0 Å². The zero-order valence-corrected chi connectivity index (χ0v) is 20.0. The van der Waals surface area contributed by atoms with E-state index < -0.39 is 0 Å². The molecule has 1 heterocycles. The number of halogens is 1.